The van der Waals surface area contributed by atoms with Gasteiger partial charge in [0.05, 0.1) is 32.0 Å². The van der Waals surface area contributed by atoms with Crippen LogP contribution in [0.1, 0.15) is 17.3 Å². The van der Waals surface area contributed by atoms with E-state index in [2.05, 4.69) is 9.80 Å². The van der Waals surface area contributed by atoms with Gasteiger partial charge in [-0.15, -0.1) is 24.8 Å². The van der Waals surface area contributed by atoms with Crippen molar-refractivity contribution in [3.8, 4) is 11.5 Å². The molecule has 9 nitrogen and oxygen atoms in total. The predicted molar refractivity (Wildman–Crippen MR) is 128 cm³/mol. The summed E-state index contributed by atoms with van der Waals surface area (Å²) in [7, 11) is 0. The average Bonchev–Trinajstić information content (AvgIpc) is 2.77. The van der Waals surface area contributed by atoms with Crippen LogP contribution in [0.5, 0.6) is 11.5 Å². The van der Waals surface area contributed by atoms with Crippen molar-refractivity contribution < 1.29 is 34.0 Å². The molecular weight excluding hydrogens is 475 g/mol. The number of aliphatic hydroxyl groups excluding tert-OH is 2. The minimum atomic E-state index is -0.683. The molecule has 1 aromatic rings. The number of carbonyl (C=O) groups is 1. The van der Waals surface area contributed by atoms with Crippen LogP contribution in [0.25, 0.3) is 0 Å². The molecule has 0 bridgehead atoms. The second-order valence-electron chi connectivity index (χ2n) is 7.97. The molecule has 0 amide bonds. The Morgan fingerprint density at radius 2 is 1.39 bits per heavy atom. The van der Waals surface area contributed by atoms with E-state index in [1.807, 2.05) is 0 Å². The SMILES string of the molecule is CC(=O)c1ccc(OCC(O)CN2CCOCC2)cc1OCC(O)CN1CCOCC1.Cl.Cl. The van der Waals surface area contributed by atoms with Crippen LogP contribution in [0.2, 0.25) is 0 Å². The molecule has 0 saturated carbocycles. The number of aliphatic hydroxyl groups is 2. The van der Waals surface area contributed by atoms with Crippen molar-refractivity contribution in [2.45, 2.75) is 19.1 Å². The highest BCUT2D eigenvalue weighted by molar-refractivity contribution is 5.97. The first-order chi connectivity index (χ1) is 15.0. The Bertz CT molecular complexity index is 701. The van der Waals surface area contributed by atoms with Crippen molar-refractivity contribution in [2.75, 3.05) is 78.9 Å². The number of Topliss-reactive ketones (excluding diaryl/α,β-unsaturated/α-hetero) is 1. The molecule has 0 aliphatic carbocycles. The molecule has 0 spiro atoms. The highest BCUT2D eigenvalue weighted by atomic mass is 35.5. The molecule has 33 heavy (non-hydrogen) atoms. The van der Waals surface area contributed by atoms with E-state index in [4.69, 9.17) is 18.9 Å². The number of nitrogens with zero attached hydrogens (tertiary/aromatic N) is 2. The van der Waals surface area contributed by atoms with Crippen LogP contribution in [0.3, 0.4) is 0 Å². The lowest BCUT2D eigenvalue weighted by Gasteiger charge is -2.28. The van der Waals surface area contributed by atoms with Gasteiger partial charge in [-0.2, -0.15) is 0 Å². The number of β-amino-alcohol motifs (C(OH)–C–C–N with tert-alkyl or cyclic N) is 2. The summed E-state index contributed by atoms with van der Waals surface area (Å²) in [5.41, 5.74) is 0.430. The van der Waals surface area contributed by atoms with Crippen molar-refractivity contribution in [3.63, 3.8) is 0 Å². The van der Waals surface area contributed by atoms with Crippen molar-refractivity contribution in [1.29, 1.82) is 0 Å². The maximum absolute atomic E-state index is 12.0. The minimum absolute atomic E-state index is 0. The number of benzene rings is 1. The number of hydrogen-bond acceptors (Lipinski definition) is 9. The second kappa shape index (κ2) is 15.7. The Morgan fingerprint density at radius 1 is 0.909 bits per heavy atom. The molecule has 190 valence electrons. The first kappa shape index (κ1) is 29.9. The Labute approximate surface area is 207 Å². The third-order valence-electron chi connectivity index (χ3n) is 5.35. The van der Waals surface area contributed by atoms with Gasteiger partial charge in [-0.3, -0.25) is 14.6 Å². The molecule has 2 atom stereocenters. The summed E-state index contributed by atoms with van der Waals surface area (Å²) in [6.45, 7) is 8.54. The first-order valence-electron chi connectivity index (χ1n) is 10.9. The van der Waals surface area contributed by atoms with Gasteiger partial charge in [-0.1, -0.05) is 0 Å². The largest absolute Gasteiger partial charge is 0.491 e. The Kier molecular flexibility index (Phi) is 14.2. The van der Waals surface area contributed by atoms with Crippen LogP contribution in [-0.2, 0) is 9.47 Å². The molecule has 1 aromatic carbocycles. The molecule has 2 unspecified atom stereocenters. The van der Waals surface area contributed by atoms with Gasteiger partial charge in [-0.25, -0.2) is 0 Å². The van der Waals surface area contributed by atoms with E-state index in [1.54, 1.807) is 18.2 Å². The van der Waals surface area contributed by atoms with Gasteiger partial charge in [0, 0.05) is 45.3 Å². The minimum Gasteiger partial charge on any atom is -0.491 e. The highest BCUT2D eigenvalue weighted by Gasteiger charge is 2.18. The van der Waals surface area contributed by atoms with E-state index in [0.29, 0.717) is 56.6 Å². The zero-order chi connectivity index (χ0) is 22.1. The summed E-state index contributed by atoms with van der Waals surface area (Å²) in [5, 5.41) is 20.6. The van der Waals surface area contributed by atoms with Crippen LogP contribution >= 0.6 is 24.8 Å². The van der Waals surface area contributed by atoms with Crippen molar-refractivity contribution >= 4 is 30.6 Å². The third-order valence-corrected chi connectivity index (χ3v) is 5.35. The third kappa shape index (κ3) is 10.3. The van der Waals surface area contributed by atoms with Crippen molar-refractivity contribution in [3.05, 3.63) is 23.8 Å². The lowest BCUT2D eigenvalue weighted by molar-refractivity contribution is 0.00403. The number of carbonyl (C=O) groups excluding carboxylic acids is 1. The van der Waals surface area contributed by atoms with Gasteiger partial charge in [0.1, 0.15) is 36.9 Å². The zero-order valence-electron chi connectivity index (χ0n) is 19.0. The van der Waals surface area contributed by atoms with Crippen LogP contribution in [0.4, 0.5) is 0 Å². The van der Waals surface area contributed by atoms with E-state index < -0.39 is 12.2 Å². The van der Waals surface area contributed by atoms with E-state index in [1.165, 1.54) is 6.92 Å². The highest BCUT2D eigenvalue weighted by Crippen LogP contribution is 2.26. The molecule has 0 radical (unpaired) electrons. The summed E-state index contributed by atoms with van der Waals surface area (Å²) >= 11 is 0. The summed E-state index contributed by atoms with van der Waals surface area (Å²) in [6.07, 6.45) is -1.32. The lowest BCUT2D eigenvalue weighted by Crippen LogP contribution is -2.42. The summed E-state index contributed by atoms with van der Waals surface area (Å²) in [6, 6.07) is 4.98. The Balaban J connectivity index is 0.00000272. The normalized spacial score (nSPS) is 19.0. The van der Waals surface area contributed by atoms with Crippen molar-refractivity contribution in [2.24, 2.45) is 0 Å². The molecule has 0 aromatic heterocycles. The smallest absolute Gasteiger partial charge is 0.163 e. The van der Waals surface area contributed by atoms with E-state index >= 15 is 0 Å². The molecule has 2 saturated heterocycles. The lowest BCUT2D eigenvalue weighted by atomic mass is 10.1. The maximum atomic E-state index is 12.0. The standard InChI is InChI=1S/C22H34N2O7.2ClH/c1-17(25)21-3-2-20(30-15-18(26)13-23-4-8-28-9-5-23)12-22(21)31-16-19(27)14-24-6-10-29-11-7-24;;/h2-3,12,18-19,26-27H,4-11,13-16H2,1H3;2*1H. The second-order valence-corrected chi connectivity index (χ2v) is 7.97. The zero-order valence-corrected chi connectivity index (χ0v) is 20.7. The van der Waals surface area contributed by atoms with Gasteiger partial charge < -0.3 is 29.2 Å². The van der Waals surface area contributed by atoms with Crippen LogP contribution < -0.4 is 9.47 Å². The van der Waals surface area contributed by atoms with Gasteiger partial charge in [-0.05, 0) is 19.1 Å². The van der Waals surface area contributed by atoms with Gasteiger partial charge >= 0.3 is 0 Å². The molecule has 3 rings (SSSR count). The molecule has 11 heteroatoms. The van der Waals surface area contributed by atoms with E-state index in [9.17, 15) is 15.0 Å². The fourth-order valence-corrected chi connectivity index (χ4v) is 3.65. The summed E-state index contributed by atoms with van der Waals surface area (Å²) in [5.74, 6) is 0.744. The fourth-order valence-electron chi connectivity index (χ4n) is 3.65. The molecule has 2 aliphatic rings. The van der Waals surface area contributed by atoms with Gasteiger partial charge in [0.2, 0.25) is 0 Å². The Morgan fingerprint density at radius 3 is 1.88 bits per heavy atom. The molecule has 2 heterocycles. The van der Waals surface area contributed by atoms with Gasteiger partial charge in [0.25, 0.3) is 0 Å². The quantitative estimate of drug-likeness (QED) is 0.420. The molecule has 2 fully saturated rings. The first-order valence-corrected chi connectivity index (χ1v) is 10.9. The number of halogens is 2. The topological polar surface area (TPSA) is 101 Å². The van der Waals surface area contributed by atoms with Crippen LogP contribution in [0.15, 0.2) is 18.2 Å². The number of morpholine rings is 2. The molecule has 2 aliphatic heterocycles. The average molecular weight is 511 g/mol. The van der Waals surface area contributed by atoms with Crippen LogP contribution in [0, 0.1) is 0 Å². The van der Waals surface area contributed by atoms with E-state index in [-0.39, 0.29) is 43.8 Å². The number of ketones is 1. The summed E-state index contributed by atoms with van der Waals surface area (Å²) < 4.78 is 22.1. The number of ether oxygens (including phenoxy) is 4. The maximum Gasteiger partial charge on any atom is 0.163 e. The summed E-state index contributed by atoms with van der Waals surface area (Å²) in [4.78, 5) is 16.2. The Hall–Kier alpha value is -1.17. The monoisotopic (exact) mass is 510 g/mol. The van der Waals surface area contributed by atoms with Crippen LogP contribution in [-0.4, -0.2) is 117 Å². The number of hydrogen-bond donors (Lipinski definition) is 2. The molecule has 2 N–H and O–H groups in total. The van der Waals surface area contributed by atoms with Crippen molar-refractivity contribution in [1.82, 2.24) is 9.80 Å². The number of rotatable bonds is 11. The van der Waals surface area contributed by atoms with Gasteiger partial charge in [0.15, 0.2) is 5.78 Å². The fraction of sp³-hybridized carbons (Fsp3) is 0.682. The van der Waals surface area contributed by atoms with E-state index in [0.717, 1.165) is 26.2 Å². The predicted octanol–water partition coefficient (Wildman–Crippen LogP) is 0.877. The molecular formula is C22H36Cl2N2O7.